The van der Waals surface area contributed by atoms with E-state index in [2.05, 4.69) is 20.8 Å². The number of thioether (sulfide) groups is 1. The third-order valence-electron chi connectivity index (χ3n) is 4.62. The number of hydrogen-bond acceptors (Lipinski definition) is 7. The molecule has 3 amide bonds. The molecule has 1 aromatic heterocycles. The predicted octanol–water partition coefficient (Wildman–Crippen LogP) is 3.60. The quantitative estimate of drug-likeness (QED) is 0.662. The van der Waals surface area contributed by atoms with Gasteiger partial charge in [0.25, 0.3) is 11.1 Å². The summed E-state index contributed by atoms with van der Waals surface area (Å²) in [6.45, 7) is 3.80. The standard InChI is InChI=1S/C20H26N4O4S/c1-13-7-6-10-16(11-13)27-12-17-23-24-20(28-17)29-14(2)18(25)22-19(26)21-15-8-4-3-5-9-15/h6-7,10-11,14-15H,3-5,8-9,12H2,1-2H3,(H2,21,22,25,26)/t14-/m0/s1. The van der Waals surface area contributed by atoms with Crippen molar-refractivity contribution >= 4 is 23.7 Å². The van der Waals surface area contributed by atoms with Crippen molar-refractivity contribution in [2.24, 2.45) is 0 Å². The van der Waals surface area contributed by atoms with Crippen LogP contribution < -0.4 is 15.4 Å². The van der Waals surface area contributed by atoms with Crippen molar-refractivity contribution < 1.29 is 18.7 Å². The number of urea groups is 1. The van der Waals surface area contributed by atoms with Crippen LogP contribution in [0.15, 0.2) is 33.9 Å². The van der Waals surface area contributed by atoms with Crippen LogP contribution in [-0.4, -0.2) is 33.4 Å². The van der Waals surface area contributed by atoms with E-state index < -0.39 is 17.2 Å². The Kier molecular flexibility index (Phi) is 7.51. The summed E-state index contributed by atoms with van der Waals surface area (Å²) in [5, 5.41) is 12.8. The van der Waals surface area contributed by atoms with Gasteiger partial charge in [0.15, 0.2) is 6.61 Å². The number of nitrogens with one attached hydrogen (secondary N) is 2. The summed E-state index contributed by atoms with van der Waals surface area (Å²) in [5.41, 5.74) is 1.09. The molecule has 1 aliphatic carbocycles. The molecule has 0 aliphatic heterocycles. The number of benzene rings is 1. The Balaban J connectivity index is 1.43. The fourth-order valence-corrected chi connectivity index (χ4v) is 3.78. The number of aryl methyl sites for hydroxylation is 1. The fourth-order valence-electron chi connectivity index (χ4n) is 3.08. The minimum atomic E-state index is -0.557. The van der Waals surface area contributed by atoms with Crippen LogP contribution in [0.1, 0.15) is 50.5 Å². The minimum Gasteiger partial charge on any atom is -0.484 e. The van der Waals surface area contributed by atoms with Gasteiger partial charge in [-0.1, -0.05) is 43.2 Å². The van der Waals surface area contributed by atoms with Crippen molar-refractivity contribution in [2.75, 3.05) is 0 Å². The smallest absolute Gasteiger partial charge is 0.321 e. The predicted molar refractivity (Wildman–Crippen MR) is 109 cm³/mol. The highest BCUT2D eigenvalue weighted by Crippen LogP contribution is 2.23. The number of carbonyl (C=O) groups excluding carboxylic acids is 2. The van der Waals surface area contributed by atoms with Gasteiger partial charge in [0.05, 0.1) is 5.25 Å². The highest BCUT2D eigenvalue weighted by atomic mass is 32.2. The van der Waals surface area contributed by atoms with E-state index in [1.165, 1.54) is 6.42 Å². The monoisotopic (exact) mass is 418 g/mol. The molecule has 1 aliphatic rings. The van der Waals surface area contributed by atoms with Gasteiger partial charge in [-0.25, -0.2) is 4.79 Å². The highest BCUT2D eigenvalue weighted by Gasteiger charge is 2.22. The van der Waals surface area contributed by atoms with E-state index in [0.29, 0.717) is 11.6 Å². The zero-order valence-electron chi connectivity index (χ0n) is 16.6. The maximum Gasteiger partial charge on any atom is 0.321 e. The third-order valence-corrected chi connectivity index (χ3v) is 5.56. The van der Waals surface area contributed by atoms with Gasteiger partial charge >= 0.3 is 6.03 Å². The molecule has 8 nitrogen and oxygen atoms in total. The first-order valence-electron chi connectivity index (χ1n) is 9.79. The molecule has 29 heavy (non-hydrogen) atoms. The van der Waals surface area contributed by atoms with Crippen molar-refractivity contribution in [3.05, 3.63) is 35.7 Å². The molecule has 3 rings (SSSR count). The number of aromatic nitrogens is 2. The largest absolute Gasteiger partial charge is 0.484 e. The summed E-state index contributed by atoms with van der Waals surface area (Å²) in [7, 11) is 0. The number of nitrogens with zero attached hydrogens (tertiary/aromatic N) is 2. The van der Waals surface area contributed by atoms with Gasteiger partial charge < -0.3 is 14.5 Å². The summed E-state index contributed by atoms with van der Waals surface area (Å²) < 4.78 is 11.1. The van der Waals surface area contributed by atoms with Gasteiger partial charge in [-0.05, 0) is 44.4 Å². The topological polar surface area (TPSA) is 106 Å². The maximum atomic E-state index is 12.2. The number of rotatable bonds is 7. The zero-order valence-corrected chi connectivity index (χ0v) is 17.5. The lowest BCUT2D eigenvalue weighted by Gasteiger charge is -2.22. The van der Waals surface area contributed by atoms with Crippen LogP contribution in [0.4, 0.5) is 4.79 Å². The lowest BCUT2D eigenvalue weighted by atomic mass is 9.96. The number of carbonyl (C=O) groups is 2. The van der Waals surface area contributed by atoms with Crippen LogP contribution in [0, 0.1) is 6.92 Å². The molecule has 1 heterocycles. The zero-order chi connectivity index (χ0) is 20.6. The summed E-state index contributed by atoms with van der Waals surface area (Å²) >= 11 is 1.10. The van der Waals surface area contributed by atoms with Crippen LogP contribution in [-0.2, 0) is 11.4 Å². The lowest BCUT2D eigenvalue weighted by Crippen LogP contribution is -2.47. The second-order valence-electron chi connectivity index (χ2n) is 7.12. The van der Waals surface area contributed by atoms with Crippen LogP contribution >= 0.6 is 11.8 Å². The molecule has 1 saturated carbocycles. The number of hydrogen-bond donors (Lipinski definition) is 2. The summed E-state index contributed by atoms with van der Waals surface area (Å²) in [4.78, 5) is 24.2. The van der Waals surface area contributed by atoms with Gasteiger partial charge in [0, 0.05) is 6.04 Å². The Hall–Kier alpha value is -2.55. The van der Waals surface area contributed by atoms with Crippen molar-refractivity contribution in [1.29, 1.82) is 0 Å². The SMILES string of the molecule is Cc1cccc(OCc2nnc(S[C@@H](C)C(=O)NC(=O)NC3CCCCC3)o2)c1. The number of ether oxygens (including phenoxy) is 1. The summed E-state index contributed by atoms with van der Waals surface area (Å²) in [6.07, 6.45) is 5.34. The van der Waals surface area contributed by atoms with Crippen LogP contribution in [0.25, 0.3) is 0 Å². The van der Waals surface area contributed by atoms with E-state index in [9.17, 15) is 9.59 Å². The first-order valence-corrected chi connectivity index (χ1v) is 10.7. The molecule has 1 aromatic carbocycles. The van der Waals surface area contributed by atoms with Crippen molar-refractivity contribution in [1.82, 2.24) is 20.8 Å². The average Bonchev–Trinajstić information content (AvgIpc) is 3.14. The van der Waals surface area contributed by atoms with E-state index in [-0.39, 0.29) is 17.9 Å². The van der Waals surface area contributed by atoms with Gasteiger partial charge in [-0.3, -0.25) is 10.1 Å². The Labute approximate surface area is 174 Å². The summed E-state index contributed by atoms with van der Waals surface area (Å²) in [6, 6.07) is 7.35. The van der Waals surface area contributed by atoms with Crippen molar-refractivity contribution in [3.63, 3.8) is 0 Å². The summed E-state index contributed by atoms with van der Waals surface area (Å²) in [5.74, 6) is 0.629. The molecular weight excluding hydrogens is 392 g/mol. The van der Waals surface area contributed by atoms with Crippen molar-refractivity contribution in [2.45, 2.75) is 69.1 Å². The van der Waals surface area contributed by atoms with Crippen LogP contribution in [0.5, 0.6) is 5.75 Å². The average molecular weight is 419 g/mol. The van der Waals surface area contributed by atoms with E-state index in [4.69, 9.17) is 9.15 Å². The Morgan fingerprint density at radius 1 is 1.28 bits per heavy atom. The van der Waals surface area contributed by atoms with Gasteiger partial charge in [0.1, 0.15) is 5.75 Å². The molecule has 0 saturated heterocycles. The molecule has 0 spiro atoms. The molecule has 9 heteroatoms. The van der Waals surface area contributed by atoms with E-state index in [0.717, 1.165) is 43.0 Å². The fraction of sp³-hybridized carbons (Fsp3) is 0.500. The van der Waals surface area contributed by atoms with E-state index in [1.807, 2.05) is 31.2 Å². The molecule has 0 radical (unpaired) electrons. The first kappa shape index (κ1) is 21.2. The lowest BCUT2D eigenvalue weighted by molar-refractivity contribution is -0.119. The molecular formula is C20H26N4O4S. The second kappa shape index (κ2) is 10.3. The number of imide groups is 1. The van der Waals surface area contributed by atoms with Gasteiger partial charge in [-0.15, -0.1) is 10.2 Å². The molecule has 156 valence electrons. The van der Waals surface area contributed by atoms with Crippen LogP contribution in [0.2, 0.25) is 0 Å². The molecule has 1 fully saturated rings. The second-order valence-corrected chi connectivity index (χ2v) is 8.42. The first-order chi connectivity index (χ1) is 14.0. The van der Waals surface area contributed by atoms with E-state index >= 15 is 0 Å². The Bertz CT molecular complexity index is 835. The third kappa shape index (κ3) is 6.77. The molecule has 2 aromatic rings. The minimum absolute atomic E-state index is 0.140. The molecule has 1 atom stereocenters. The van der Waals surface area contributed by atoms with Crippen LogP contribution in [0.3, 0.4) is 0 Å². The Morgan fingerprint density at radius 3 is 2.83 bits per heavy atom. The van der Waals surface area contributed by atoms with E-state index in [1.54, 1.807) is 6.92 Å². The van der Waals surface area contributed by atoms with Gasteiger partial charge in [0.2, 0.25) is 5.91 Å². The Morgan fingerprint density at radius 2 is 2.07 bits per heavy atom. The highest BCUT2D eigenvalue weighted by molar-refractivity contribution is 8.00. The number of amides is 3. The maximum absolute atomic E-state index is 12.2. The van der Waals surface area contributed by atoms with Crippen molar-refractivity contribution in [3.8, 4) is 5.75 Å². The van der Waals surface area contributed by atoms with Gasteiger partial charge in [-0.2, -0.15) is 0 Å². The normalized spacial score (nSPS) is 15.5. The molecule has 0 bridgehead atoms. The molecule has 0 unspecified atom stereocenters. The molecule has 2 N–H and O–H groups in total.